The predicted octanol–water partition coefficient (Wildman–Crippen LogP) is 3.87. The van der Waals surface area contributed by atoms with Crippen molar-refractivity contribution in [1.29, 1.82) is 0 Å². The third kappa shape index (κ3) is 7.57. The van der Waals surface area contributed by atoms with Gasteiger partial charge in [0.1, 0.15) is 0 Å². The van der Waals surface area contributed by atoms with Crippen LogP contribution in [0, 0.1) is 5.92 Å². The second-order valence-electron chi connectivity index (χ2n) is 7.41. The number of aliphatic imine (C=N–C) groups is 1. The van der Waals surface area contributed by atoms with Crippen LogP contribution in [0.2, 0.25) is 5.02 Å². The maximum atomic E-state index is 6.24. The normalized spacial score (nSPS) is 17.4. The van der Waals surface area contributed by atoms with Crippen LogP contribution in [0.25, 0.3) is 0 Å². The highest BCUT2D eigenvalue weighted by atomic mass is 127. The zero-order valence-electron chi connectivity index (χ0n) is 14.9. The zero-order valence-corrected chi connectivity index (χ0v) is 18.0. The number of likely N-dealkylation sites (tertiary alicyclic amines) is 1. The van der Waals surface area contributed by atoms with Gasteiger partial charge >= 0.3 is 0 Å². The van der Waals surface area contributed by atoms with Crippen LogP contribution < -0.4 is 11.1 Å². The number of piperidine rings is 1. The average Bonchev–Trinajstić information content (AvgIpc) is 2.47. The maximum absolute atomic E-state index is 6.24. The molecule has 0 atom stereocenters. The fraction of sp³-hybridized carbons (Fsp3) is 0.611. The number of benzene rings is 1. The van der Waals surface area contributed by atoms with Crippen LogP contribution in [0.15, 0.2) is 29.3 Å². The number of hydrogen-bond donors (Lipinski definition) is 2. The van der Waals surface area contributed by atoms with E-state index >= 15 is 0 Å². The number of nitrogens with zero attached hydrogens (tertiary/aromatic N) is 2. The quantitative estimate of drug-likeness (QED) is 0.404. The lowest BCUT2D eigenvalue weighted by Crippen LogP contribution is -2.45. The van der Waals surface area contributed by atoms with E-state index in [0.717, 1.165) is 44.0 Å². The minimum Gasteiger partial charge on any atom is -0.370 e. The van der Waals surface area contributed by atoms with E-state index in [0.29, 0.717) is 11.9 Å². The molecule has 1 aromatic rings. The van der Waals surface area contributed by atoms with Gasteiger partial charge in [0.05, 0.1) is 0 Å². The van der Waals surface area contributed by atoms with Crippen LogP contribution >= 0.6 is 35.6 Å². The van der Waals surface area contributed by atoms with Crippen LogP contribution in [-0.2, 0) is 6.54 Å². The Labute approximate surface area is 168 Å². The summed E-state index contributed by atoms with van der Waals surface area (Å²) in [6.45, 7) is 10.2. The highest BCUT2D eigenvalue weighted by Crippen LogP contribution is 2.22. The molecule has 0 aliphatic carbocycles. The number of hydrogen-bond acceptors (Lipinski definition) is 2. The van der Waals surface area contributed by atoms with Crippen LogP contribution in [0.1, 0.15) is 39.2 Å². The van der Waals surface area contributed by atoms with Crippen LogP contribution in [0.5, 0.6) is 0 Å². The Bertz CT molecular complexity index is 534. The lowest BCUT2D eigenvalue weighted by atomic mass is 9.96. The van der Waals surface area contributed by atoms with E-state index in [1.165, 1.54) is 5.56 Å². The third-order valence-corrected chi connectivity index (χ3v) is 4.45. The summed E-state index contributed by atoms with van der Waals surface area (Å²) in [4.78, 5) is 6.97. The van der Waals surface area contributed by atoms with Crippen LogP contribution in [0.3, 0.4) is 0 Å². The van der Waals surface area contributed by atoms with Gasteiger partial charge < -0.3 is 11.1 Å². The second kappa shape index (κ2) is 9.82. The molecule has 136 valence electrons. The van der Waals surface area contributed by atoms with Gasteiger partial charge in [0.15, 0.2) is 5.96 Å². The van der Waals surface area contributed by atoms with E-state index in [1.54, 1.807) is 0 Å². The van der Waals surface area contributed by atoms with Crippen molar-refractivity contribution >= 4 is 41.5 Å². The third-order valence-electron chi connectivity index (χ3n) is 4.08. The van der Waals surface area contributed by atoms with Crippen molar-refractivity contribution in [2.24, 2.45) is 16.6 Å². The minimum absolute atomic E-state index is 0. The molecule has 0 radical (unpaired) electrons. The Morgan fingerprint density at radius 1 is 1.29 bits per heavy atom. The van der Waals surface area contributed by atoms with Gasteiger partial charge in [-0.25, -0.2) is 0 Å². The van der Waals surface area contributed by atoms with Crippen molar-refractivity contribution in [2.75, 3.05) is 19.6 Å². The number of rotatable bonds is 4. The van der Waals surface area contributed by atoms with Crippen LogP contribution in [-0.4, -0.2) is 36.0 Å². The smallest absolute Gasteiger partial charge is 0.188 e. The van der Waals surface area contributed by atoms with E-state index in [-0.39, 0.29) is 29.5 Å². The standard InChI is InChI=1S/C18H29ClN4.HI/c1-18(2,3)22-17(20)21-12-14-8-10-23(11-9-14)13-15-6-4-5-7-16(15)19;/h4-7,14H,8-13H2,1-3H3,(H3,20,21,22);1H. The van der Waals surface area contributed by atoms with Gasteiger partial charge in [0.2, 0.25) is 0 Å². The molecule has 2 rings (SSSR count). The molecule has 0 saturated carbocycles. The number of nitrogens with one attached hydrogen (secondary N) is 1. The highest BCUT2D eigenvalue weighted by Gasteiger charge is 2.20. The Morgan fingerprint density at radius 3 is 2.50 bits per heavy atom. The fourth-order valence-corrected chi connectivity index (χ4v) is 3.04. The SMILES string of the molecule is CC(C)(C)NC(N)=NCC1CCN(Cc2ccccc2Cl)CC1.I. The highest BCUT2D eigenvalue weighted by molar-refractivity contribution is 14.0. The molecule has 1 fully saturated rings. The fourth-order valence-electron chi connectivity index (χ4n) is 2.85. The summed E-state index contributed by atoms with van der Waals surface area (Å²) >= 11 is 6.24. The molecule has 0 unspecified atom stereocenters. The first-order valence-electron chi connectivity index (χ1n) is 8.37. The monoisotopic (exact) mass is 464 g/mol. The van der Waals surface area contributed by atoms with Crippen molar-refractivity contribution < 1.29 is 0 Å². The van der Waals surface area contributed by atoms with Gasteiger partial charge in [0.25, 0.3) is 0 Å². The molecular formula is C18H30ClIN4. The first-order chi connectivity index (χ1) is 10.8. The van der Waals surface area contributed by atoms with Gasteiger partial charge in [-0.05, 0) is 64.3 Å². The topological polar surface area (TPSA) is 53.6 Å². The summed E-state index contributed by atoms with van der Waals surface area (Å²) in [5.74, 6) is 1.17. The molecule has 1 saturated heterocycles. The molecule has 0 aromatic heterocycles. The molecule has 0 bridgehead atoms. The van der Waals surface area contributed by atoms with E-state index in [2.05, 4.69) is 42.0 Å². The Balaban J connectivity index is 0.00000288. The van der Waals surface area contributed by atoms with Gasteiger partial charge in [0, 0.05) is 23.7 Å². The number of halogens is 2. The number of guanidine groups is 1. The largest absolute Gasteiger partial charge is 0.370 e. The van der Waals surface area contributed by atoms with Crippen molar-refractivity contribution in [3.8, 4) is 0 Å². The predicted molar refractivity (Wildman–Crippen MR) is 114 cm³/mol. The van der Waals surface area contributed by atoms with Gasteiger partial charge in [-0.15, -0.1) is 24.0 Å². The van der Waals surface area contributed by atoms with E-state index in [1.807, 2.05) is 18.2 Å². The molecular weight excluding hydrogens is 435 g/mol. The Kier molecular flexibility index (Phi) is 8.81. The summed E-state index contributed by atoms with van der Waals surface area (Å²) in [6, 6.07) is 8.10. The van der Waals surface area contributed by atoms with E-state index < -0.39 is 0 Å². The first kappa shape index (κ1) is 21.5. The molecule has 6 heteroatoms. The average molecular weight is 465 g/mol. The summed E-state index contributed by atoms with van der Waals surface area (Å²) in [7, 11) is 0. The summed E-state index contributed by atoms with van der Waals surface area (Å²) in [5.41, 5.74) is 7.11. The molecule has 1 aliphatic heterocycles. The molecule has 24 heavy (non-hydrogen) atoms. The van der Waals surface area contributed by atoms with E-state index in [4.69, 9.17) is 17.3 Å². The van der Waals surface area contributed by atoms with Crippen molar-refractivity contribution in [1.82, 2.24) is 10.2 Å². The molecule has 4 nitrogen and oxygen atoms in total. The van der Waals surface area contributed by atoms with Crippen LogP contribution in [0.4, 0.5) is 0 Å². The maximum Gasteiger partial charge on any atom is 0.188 e. The first-order valence-corrected chi connectivity index (χ1v) is 8.75. The zero-order chi connectivity index (χ0) is 16.9. The lowest BCUT2D eigenvalue weighted by Gasteiger charge is -2.31. The Morgan fingerprint density at radius 2 is 1.92 bits per heavy atom. The molecule has 1 aliphatic rings. The van der Waals surface area contributed by atoms with Crippen molar-refractivity contribution in [3.05, 3.63) is 34.9 Å². The number of nitrogens with two attached hydrogens (primary N) is 1. The molecule has 0 spiro atoms. The second-order valence-corrected chi connectivity index (χ2v) is 7.82. The molecule has 0 amide bonds. The van der Waals surface area contributed by atoms with Gasteiger partial charge in [-0.2, -0.15) is 0 Å². The molecule has 1 heterocycles. The minimum atomic E-state index is -0.0358. The van der Waals surface area contributed by atoms with Crippen molar-refractivity contribution in [2.45, 2.75) is 45.7 Å². The summed E-state index contributed by atoms with van der Waals surface area (Å²) in [6.07, 6.45) is 2.33. The van der Waals surface area contributed by atoms with Gasteiger partial charge in [-0.1, -0.05) is 29.8 Å². The van der Waals surface area contributed by atoms with Gasteiger partial charge in [-0.3, -0.25) is 9.89 Å². The van der Waals surface area contributed by atoms with E-state index in [9.17, 15) is 0 Å². The summed E-state index contributed by atoms with van der Waals surface area (Å²) < 4.78 is 0. The summed E-state index contributed by atoms with van der Waals surface area (Å²) in [5, 5.41) is 4.07. The lowest BCUT2D eigenvalue weighted by molar-refractivity contribution is 0.180. The van der Waals surface area contributed by atoms with Crippen molar-refractivity contribution in [3.63, 3.8) is 0 Å². The molecule has 1 aromatic carbocycles. The molecule has 3 N–H and O–H groups in total. The Hall–Kier alpha value is -0.530.